The van der Waals surface area contributed by atoms with Crippen molar-refractivity contribution in [2.24, 2.45) is 5.41 Å². The summed E-state index contributed by atoms with van der Waals surface area (Å²) in [7, 11) is 0. The summed E-state index contributed by atoms with van der Waals surface area (Å²) in [5, 5.41) is 0. The molecule has 2 fully saturated rings. The molecule has 0 spiro atoms. The van der Waals surface area contributed by atoms with Crippen molar-refractivity contribution in [3.63, 3.8) is 0 Å². The van der Waals surface area contributed by atoms with Crippen molar-refractivity contribution >= 4 is 84.9 Å². The molecular weight excluding hydrogens is 702 g/mol. The van der Waals surface area contributed by atoms with Gasteiger partial charge in [0.15, 0.2) is 5.78 Å². The predicted octanol–water partition coefficient (Wildman–Crippen LogP) is 4.80. The fraction of sp³-hybridized carbons (Fsp3) is 0.632. The van der Waals surface area contributed by atoms with Crippen LogP contribution in [0.25, 0.3) is 0 Å². The second-order valence-corrected chi connectivity index (χ2v) is 10.0. The molecule has 0 radical (unpaired) electrons. The lowest BCUT2D eigenvalue weighted by Gasteiger charge is -2.41. The number of hydrogen-bond donors (Lipinski definition) is 0. The average molecular weight is 728 g/mol. The second kappa shape index (κ2) is 10.4. The second-order valence-electron chi connectivity index (χ2n) is 7.63. The van der Waals surface area contributed by atoms with Crippen molar-refractivity contribution in [3.05, 3.63) is 24.8 Å². The van der Waals surface area contributed by atoms with Crippen LogP contribution in [0.4, 0.5) is 0 Å². The van der Waals surface area contributed by atoms with Gasteiger partial charge in [0.2, 0.25) is 0 Å². The van der Waals surface area contributed by atoms with E-state index in [4.69, 9.17) is 4.74 Å². The van der Waals surface area contributed by atoms with E-state index in [1.54, 1.807) is 0 Å². The Balaban J connectivity index is 0.00000131. The number of rotatable bonds is 4. The Morgan fingerprint density at radius 3 is 1.96 bits per heavy atom. The van der Waals surface area contributed by atoms with Crippen LogP contribution in [-0.4, -0.2) is 61.5 Å². The highest BCUT2D eigenvalue weighted by molar-refractivity contribution is 14.1. The van der Waals surface area contributed by atoms with Crippen LogP contribution in [0, 0.1) is 12.6 Å². The zero-order valence-corrected chi connectivity index (χ0v) is 23.0. The fourth-order valence-corrected chi connectivity index (χ4v) is 6.46. The molecular formula is C19H26Br2I2N2O2. The first-order valence-corrected chi connectivity index (χ1v) is 11.3. The first-order valence-electron chi connectivity index (χ1n) is 9.19. The molecule has 3 aliphatic heterocycles. The summed E-state index contributed by atoms with van der Waals surface area (Å²) in [6.07, 6.45) is 5.00. The first-order chi connectivity index (χ1) is 12.1. The van der Waals surface area contributed by atoms with Crippen molar-refractivity contribution in [2.75, 3.05) is 45.9 Å². The highest BCUT2D eigenvalue weighted by Gasteiger charge is 2.47. The Kier molecular flexibility index (Phi) is 9.33. The largest absolute Gasteiger partial charge is 0.491 e. The van der Waals surface area contributed by atoms with Gasteiger partial charge in [-0.1, -0.05) is 0 Å². The zero-order chi connectivity index (χ0) is 17.4. The van der Waals surface area contributed by atoms with E-state index in [1.807, 2.05) is 6.07 Å². The van der Waals surface area contributed by atoms with Gasteiger partial charge in [-0.15, -0.1) is 34.0 Å². The van der Waals surface area contributed by atoms with Crippen LogP contribution in [0.5, 0.6) is 5.75 Å². The summed E-state index contributed by atoms with van der Waals surface area (Å²) in [6, 6.07) is 4.10. The highest BCUT2D eigenvalue weighted by atomic mass is 127. The molecule has 1 aromatic carbocycles. The van der Waals surface area contributed by atoms with Gasteiger partial charge in [-0.3, -0.25) is 4.79 Å². The molecule has 4 rings (SSSR count). The van der Waals surface area contributed by atoms with E-state index < -0.39 is 5.41 Å². The van der Waals surface area contributed by atoms with E-state index in [9.17, 15) is 4.79 Å². The van der Waals surface area contributed by atoms with Gasteiger partial charge in [-0.25, -0.2) is 0 Å². The molecule has 4 nitrogen and oxygen atoms in total. The molecule has 0 aliphatic carbocycles. The van der Waals surface area contributed by atoms with Gasteiger partial charge in [0.05, 0.1) is 14.5 Å². The number of carbonyl (C=O) groups is 1. The molecule has 0 N–H and O–H groups in total. The van der Waals surface area contributed by atoms with Crippen LogP contribution in [0.3, 0.4) is 0 Å². The van der Waals surface area contributed by atoms with Crippen LogP contribution in [0.1, 0.15) is 36.0 Å². The highest BCUT2D eigenvalue weighted by Crippen LogP contribution is 2.40. The summed E-state index contributed by atoms with van der Waals surface area (Å²) in [5.41, 5.74) is 0.371. The smallest absolute Gasteiger partial charge is 0.178 e. The molecule has 0 aromatic heterocycles. The number of nitrogens with zero attached hydrogens (tertiary/aromatic N) is 2. The Labute approximate surface area is 210 Å². The summed E-state index contributed by atoms with van der Waals surface area (Å²) in [6.45, 7) is 6.66. The van der Waals surface area contributed by atoms with Gasteiger partial charge >= 0.3 is 0 Å². The molecule has 0 saturated carbocycles. The van der Waals surface area contributed by atoms with Crippen LogP contribution in [0.15, 0.2) is 12.1 Å². The molecule has 0 unspecified atom stereocenters. The Hall–Kier alpha value is 1.03. The minimum absolute atomic E-state index is 0. The molecule has 0 atom stereocenters. The van der Waals surface area contributed by atoms with Crippen LogP contribution >= 0.6 is 79.1 Å². The van der Waals surface area contributed by atoms with Gasteiger partial charge in [-0.2, -0.15) is 0 Å². The number of halogens is 4. The molecule has 1 aromatic rings. The molecule has 2 saturated heterocycles. The van der Waals surface area contributed by atoms with Crippen molar-refractivity contribution in [1.29, 1.82) is 0 Å². The third-order valence-electron chi connectivity index (χ3n) is 5.68. The normalized spacial score (nSPS) is 21.9. The van der Waals surface area contributed by atoms with Crippen molar-refractivity contribution in [2.45, 2.75) is 25.7 Å². The van der Waals surface area contributed by atoms with Gasteiger partial charge < -0.3 is 14.5 Å². The monoisotopic (exact) mass is 726 g/mol. The molecule has 0 amide bonds. The SMILES string of the molecule is Br.Br.O=C1c2cc(I)cc(I)c2OCC1(CN1CCCC1)CN1CCCC1. The van der Waals surface area contributed by atoms with E-state index in [-0.39, 0.29) is 34.0 Å². The maximum absolute atomic E-state index is 13.7. The number of fused-ring (bicyclic) bond motifs is 1. The number of Topliss-reactive ketones (excluding diaryl/α,β-unsaturated/α-hetero) is 1. The third kappa shape index (κ3) is 5.21. The molecule has 152 valence electrons. The molecule has 27 heavy (non-hydrogen) atoms. The van der Waals surface area contributed by atoms with E-state index in [0.29, 0.717) is 12.4 Å². The quantitative estimate of drug-likeness (QED) is 0.418. The Morgan fingerprint density at radius 2 is 1.44 bits per heavy atom. The number of benzene rings is 1. The summed E-state index contributed by atoms with van der Waals surface area (Å²) in [4.78, 5) is 18.6. The van der Waals surface area contributed by atoms with E-state index in [1.165, 1.54) is 25.7 Å². The van der Waals surface area contributed by atoms with Crippen molar-refractivity contribution in [1.82, 2.24) is 9.80 Å². The first kappa shape index (κ1) is 24.3. The standard InChI is InChI=1S/C19H24I2N2O2.2BrH/c20-14-9-15-17(16(21)10-14)25-13-19(18(15)24,11-22-5-1-2-6-22)12-23-7-3-4-8-23;;/h9-10H,1-8,11-13H2;2*1H. The lowest BCUT2D eigenvalue weighted by Crippen LogP contribution is -2.54. The number of hydrogen-bond acceptors (Lipinski definition) is 4. The Bertz CT molecular complexity index is 660. The number of ether oxygens (including phenoxy) is 1. The summed E-state index contributed by atoms with van der Waals surface area (Å²) in [5.74, 6) is 1.09. The topological polar surface area (TPSA) is 32.8 Å². The lowest BCUT2D eigenvalue weighted by molar-refractivity contribution is 0.0358. The number of likely N-dealkylation sites (tertiary alicyclic amines) is 2. The molecule has 3 heterocycles. The Morgan fingerprint density at radius 1 is 0.926 bits per heavy atom. The maximum Gasteiger partial charge on any atom is 0.178 e. The number of ketones is 1. The van der Waals surface area contributed by atoms with Gasteiger partial charge in [0, 0.05) is 16.7 Å². The minimum Gasteiger partial charge on any atom is -0.491 e. The van der Waals surface area contributed by atoms with E-state index >= 15 is 0 Å². The molecule has 0 bridgehead atoms. The van der Waals surface area contributed by atoms with Crippen molar-refractivity contribution in [3.8, 4) is 5.75 Å². The maximum atomic E-state index is 13.7. The summed E-state index contributed by atoms with van der Waals surface area (Å²) < 4.78 is 8.38. The van der Waals surface area contributed by atoms with Crippen LogP contribution in [0.2, 0.25) is 0 Å². The number of carbonyl (C=O) groups excluding carboxylic acids is 1. The minimum atomic E-state index is -0.421. The molecule has 8 heteroatoms. The fourth-order valence-electron chi connectivity index (χ4n) is 4.46. The average Bonchev–Trinajstić information content (AvgIpc) is 3.25. The molecule has 3 aliphatic rings. The van der Waals surface area contributed by atoms with Gasteiger partial charge in [0.25, 0.3) is 0 Å². The third-order valence-corrected chi connectivity index (χ3v) is 7.10. The van der Waals surface area contributed by atoms with E-state index in [0.717, 1.165) is 57.7 Å². The predicted molar refractivity (Wildman–Crippen MR) is 136 cm³/mol. The van der Waals surface area contributed by atoms with Crippen LogP contribution < -0.4 is 4.74 Å². The van der Waals surface area contributed by atoms with Crippen LogP contribution in [-0.2, 0) is 0 Å². The van der Waals surface area contributed by atoms with Crippen molar-refractivity contribution < 1.29 is 9.53 Å². The van der Waals surface area contributed by atoms with Gasteiger partial charge in [-0.05, 0) is 109 Å². The van der Waals surface area contributed by atoms with Gasteiger partial charge in [0.1, 0.15) is 12.4 Å². The van der Waals surface area contributed by atoms with E-state index in [2.05, 4.69) is 61.0 Å². The summed E-state index contributed by atoms with van der Waals surface area (Å²) >= 11 is 4.59. The zero-order valence-electron chi connectivity index (χ0n) is 15.2. The lowest BCUT2D eigenvalue weighted by atomic mass is 9.78.